The number of nitrogens with zero attached hydrogens (tertiary/aromatic N) is 2. The highest BCUT2D eigenvalue weighted by atomic mass is 14.9. The Kier molecular flexibility index (Phi) is 10.9. The minimum Gasteiger partial charge on any atom is -0.396 e. The lowest BCUT2D eigenvalue weighted by atomic mass is 10.3. The second-order valence-corrected chi connectivity index (χ2v) is 2.18. The zero-order chi connectivity index (χ0) is 11.6. The molecule has 0 aliphatic rings. The lowest BCUT2D eigenvalue weighted by Gasteiger charge is -1.98. The molecule has 14 heavy (non-hydrogen) atoms. The summed E-state index contributed by atoms with van der Waals surface area (Å²) in [6.45, 7) is 11.9. The summed E-state index contributed by atoms with van der Waals surface area (Å²) in [7, 11) is 0. The zero-order valence-corrected chi connectivity index (χ0v) is 10.3. The van der Waals surface area contributed by atoms with Crippen LogP contribution in [0.5, 0.6) is 0 Å². The highest BCUT2D eigenvalue weighted by Crippen LogP contribution is 2.04. The first kappa shape index (κ1) is 15.4. The third kappa shape index (κ3) is 5.51. The van der Waals surface area contributed by atoms with Gasteiger partial charge in [-0.05, 0) is 6.92 Å². The maximum absolute atomic E-state index is 5.52. The highest BCUT2D eigenvalue weighted by molar-refractivity contribution is 5.38. The minimum atomic E-state index is 0.664. The highest BCUT2D eigenvalue weighted by Gasteiger charge is 1.95. The van der Waals surface area contributed by atoms with Crippen LogP contribution < -0.4 is 5.73 Å². The zero-order valence-electron chi connectivity index (χ0n) is 10.3. The number of rotatable bonds is 1. The van der Waals surface area contributed by atoms with E-state index in [0.717, 1.165) is 17.9 Å². The third-order valence-electron chi connectivity index (χ3n) is 1.38. The molecule has 2 N–H and O–H groups in total. The van der Waals surface area contributed by atoms with Crippen LogP contribution in [0.3, 0.4) is 0 Å². The van der Waals surface area contributed by atoms with Crippen LogP contribution in [0.15, 0.2) is 6.20 Å². The van der Waals surface area contributed by atoms with E-state index in [2.05, 4.69) is 9.97 Å². The van der Waals surface area contributed by atoms with Crippen LogP contribution in [0.4, 0.5) is 5.69 Å². The summed E-state index contributed by atoms with van der Waals surface area (Å²) >= 11 is 0. The molecule has 1 rings (SSSR count). The lowest BCUT2D eigenvalue weighted by molar-refractivity contribution is 0.921. The first-order valence-corrected chi connectivity index (χ1v) is 5.32. The molecule has 0 unspecified atom stereocenters. The average Bonchev–Trinajstić information content (AvgIpc) is 2.28. The summed E-state index contributed by atoms with van der Waals surface area (Å²) in [6.07, 6.45) is 2.52. The van der Waals surface area contributed by atoms with E-state index < -0.39 is 0 Å². The fourth-order valence-corrected chi connectivity index (χ4v) is 0.695. The molecule has 0 aliphatic carbocycles. The van der Waals surface area contributed by atoms with Gasteiger partial charge in [-0.3, -0.25) is 0 Å². The predicted molar refractivity (Wildman–Crippen MR) is 63.3 cm³/mol. The van der Waals surface area contributed by atoms with Gasteiger partial charge in [0.1, 0.15) is 5.82 Å². The second-order valence-electron chi connectivity index (χ2n) is 2.18. The summed E-state index contributed by atoms with van der Waals surface area (Å²) in [6, 6.07) is 0. The first-order valence-electron chi connectivity index (χ1n) is 5.32. The van der Waals surface area contributed by atoms with Gasteiger partial charge >= 0.3 is 0 Å². The predicted octanol–water partition coefficient (Wildman–Crippen LogP) is 2.98. The van der Waals surface area contributed by atoms with Crippen molar-refractivity contribution in [2.24, 2.45) is 0 Å². The van der Waals surface area contributed by atoms with Crippen molar-refractivity contribution < 1.29 is 0 Å². The quantitative estimate of drug-likeness (QED) is 0.753. The van der Waals surface area contributed by atoms with Crippen molar-refractivity contribution in [3.8, 4) is 0 Å². The van der Waals surface area contributed by atoms with Gasteiger partial charge in [-0.25, -0.2) is 9.97 Å². The molecule has 3 nitrogen and oxygen atoms in total. The van der Waals surface area contributed by atoms with E-state index in [0.29, 0.717) is 5.69 Å². The Bertz CT molecular complexity index is 234. The molecule has 0 amide bonds. The number of nitrogen functional groups attached to an aromatic ring is 1. The molecule has 0 aromatic carbocycles. The molecule has 0 aliphatic heterocycles. The summed E-state index contributed by atoms with van der Waals surface area (Å²) in [5.41, 5.74) is 7.05. The lowest BCUT2D eigenvalue weighted by Crippen LogP contribution is -1.99. The molecule has 0 radical (unpaired) electrons. The van der Waals surface area contributed by atoms with Gasteiger partial charge in [-0.2, -0.15) is 0 Å². The molecular weight excluding hydrogens is 174 g/mol. The number of hydrogen-bond acceptors (Lipinski definition) is 3. The summed E-state index contributed by atoms with van der Waals surface area (Å²) in [5, 5.41) is 0. The van der Waals surface area contributed by atoms with Gasteiger partial charge in [-0.1, -0.05) is 34.6 Å². The van der Waals surface area contributed by atoms with E-state index in [-0.39, 0.29) is 0 Å². The van der Waals surface area contributed by atoms with Crippen LogP contribution >= 0.6 is 0 Å². The summed E-state index contributed by atoms with van der Waals surface area (Å²) in [5.74, 6) is 0.853. The Balaban J connectivity index is 0. The Morgan fingerprint density at radius 1 is 1.21 bits per heavy atom. The van der Waals surface area contributed by atoms with Crippen LogP contribution in [0.25, 0.3) is 0 Å². The largest absolute Gasteiger partial charge is 0.396 e. The van der Waals surface area contributed by atoms with Crippen molar-refractivity contribution in [2.45, 2.75) is 48.0 Å². The van der Waals surface area contributed by atoms with Crippen molar-refractivity contribution >= 4 is 5.69 Å². The van der Waals surface area contributed by atoms with Gasteiger partial charge in [0.2, 0.25) is 0 Å². The molecular formula is C11H23N3. The van der Waals surface area contributed by atoms with Crippen LogP contribution in [-0.2, 0) is 6.42 Å². The SMILES string of the molecule is CC.CC.CCc1ncc(N)c(C)n1. The minimum absolute atomic E-state index is 0.664. The first-order chi connectivity index (χ1) is 6.74. The van der Waals surface area contributed by atoms with Crippen LogP contribution in [0, 0.1) is 6.92 Å². The van der Waals surface area contributed by atoms with Crippen LogP contribution in [-0.4, -0.2) is 9.97 Å². The Hall–Kier alpha value is -1.12. The fraction of sp³-hybridized carbons (Fsp3) is 0.636. The van der Waals surface area contributed by atoms with E-state index >= 15 is 0 Å². The molecule has 1 aromatic heterocycles. The van der Waals surface area contributed by atoms with Gasteiger partial charge in [0.25, 0.3) is 0 Å². The smallest absolute Gasteiger partial charge is 0.128 e. The van der Waals surface area contributed by atoms with Crippen molar-refractivity contribution in [3.63, 3.8) is 0 Å². The number of nitrogens with two attached hydrogens (primary N) is 1. The molecule has 0 saturated carbocycles. The second kappa shape index (κ2) is 9.96. The van der Waals surface area contributed by atoms with Gasteiger partial charge in [0, 0.05) is 6.42 Å². The normalized spacial score (nSPS) is 7.86. The van der Waals surface area contributed by atoms with E-state index in [4.69, 9.17) is 5.73 Å². The van der Waals surface area contributed by atoms with Gasteiger partial charge in [0.15, 0.2) is 0 Å². The van der Waals surface area contributed by atoms with E-state index in [1.54, 1.807) is 6.20 Å². The maximum Gasteiger partial charge on any atom is 0.128 e. The Labute approximate surface area is 87.8 Å². The Morgan fingerprint density at radius 2 is 1.71 bits per heavy atom. The molecule has 0 fully saturated rings. The van der Waals surface area contributed by atoms with Crippen LogP contribution in [0.2, 0.25) is 0 Å². The van der Waals surface area contributed by atoms with Gasteiger partial charge < -0.3 is 5.73 Å². The van der Waals surface area contributed by atoms with Gasteiger partial charge in [-0.15, -0.1) is 0 Å². The molecule has 0 saturated heterocycles. The van der Waals surface area contributed by atoms with Crippen molar-refractivity contribution in [3.05, 3.63) is 17.7 Å². The van der Waals surface area contributed by atoms with Crippen molar-refractivity contribution in [2.75, 3.05) is 5.73 Å². The maximum atomic E-state index is 5.52. The topological polar surface area (TPSA) is 51.8 Å². The molecule has 0 spiro atoms. The van der Waals surface area contributed by atoms with Gasteiger partial charge in [0.05, 0.1) is 17.6 Å². The van der Waals surface area contributed by atoms with Crippen molar-refractivity contribution in [1.82, 2.24) is 9.97 Å². The molecule has 0 atom stereocenters. The number of aryl methyl sites for hydroxylation is 2. The summed E-state index contributed by atoms with van der Waals surface area (Å²) in [4.78, 5) is 8.18. The number of anilines is 1. The summed E-state index contributed by atoms with van der Waals surface area (Å²) < 4.78 is 0. The number of hydrogen-bond donors (Lipinski definition) is 1. The third-order valence-corrected chi connectivity index (χ3v) is 1.38. The molecule has 1 heterocycles. The van der Waals surface area contributed by atoms with E-state index in [1.807, 2.05) is 41.5 Å². The standard InChI is InChI=1S/C7H11N3.2C2H6/c1-3-7-9-4-6(8)5(2)10-7;2*1-2/h4H,3,8H2,1-2H3;2*1-2H3. The Morgan fingerprint density at radius 3 is 2.07 bits per heavy atom. The number of aromatic nitrogens is 2. The van der Waals surface area contributed by atoms with E-state index in [9.17, 15) is 0 Å². The molecule has 3 heteroatoms. The van der Waals surface area contributed by atoms with Crippen LogP contribution in [0.1, 0.15) is 46.1 Å². The van der Waals surface area contributed by atoms with Crippen molar-refractivity contribution in [1.29, 1.82) is 0 Å². The molecule has 1 aromatic rings. The monoisotopic (exact) mass is 197 g/mol. The fourth-order valence-electron chi connectivity index (χ4n) is 0.695. The molecule has 82 valence electrons. The van der Waals surface area contributed by atoms with E-state index in [1.165, 1.54) is 0 Å². The average molecular weight is 197 g/mol. The molecule has 0 bridgehead atoms.